The topological polar surface area (TPSA) is 49.8 Å². The highest BCUT2D eigenvalue weighted by molar-refractivity contribution is 5.68. The quantitative estimate of drug-likeness (QED) is 0.847. The molecule has 1 fully saturated rings. The number of amides is 1. The van der Waals surface area contributed by atoms with Gasteiger partial charge in [0.1, 0.15) is 11.4 Å². The third kappa shape index (κ3) is 3.63. The average Bonchev–Trinajstić information content (AvgIpc) is 2.77. The van der Waals surface area contributed by atoms with Gasteiger partial charge in [-0.2, -0.15) is 0 Å². The van der Waals surface area contributed by atoms with E-state index in [2.05, 4.69) is 0 Å². The lowest BCUT2D eigenvalue weighted by molar-refractivity contribution is 0.0292. The zero-order valence-corrected chi connectivity index (χ0v) is 11.7. The van der Waals surface area contributed by atoms with Crippen LogP contribution in [0.2, 0.25) is 0 Å². The van der Waals surface area contributed by atoms with Crippen LogP contribution >= 0.6 is 0 Å². The fourth-order valence-corrected chi connectivity index (χ4v) is 2.27. The number of phenols is 1. The number of hydrogen-bond acceptors (Lipinski definition) is 3. The van der Waals surface area contributed by atoms with E-state index in [1.54, 1.807) is 17.0 Å². The number of benzene rings is 1. The maximum absolute atomic E-state index is 12.0. The molecule has 0 bridgehead atoms. The maximum Gasteiger partial charge on any atom is 0.410 e. The highest BCUT2D eigenvalue weighted by Crippen LogP contribution is 2.29. The van der Waals surface area contributed by atoms with E-state index in [9.17, 15) is 9.90 Å². The molecular weight excluding hydrogens is 242 g/mol. The van der Waals surface area contributed by atoms with E-state index in [1.807, 2.05) is 32.9 Å². The SMILES string of the molecule is CC(C)(C)OC(=O)N1CC[C@@H](c2ccc(O)cc2)C1. The van der Waals surface area contributed by atoms with Gasteiger partial charge in [0.15, 0.2) is 0 Å². The van der Waals surface area contributed by atoms with Crippen molar-refractivity contribution in [1.29, 1.82) is 0 Å². The number of phenolic OH excluding ortho intramolecular Hbond substituents is 1. The van der Waals surface area contributed by atoms with E-state index >= 15 is 0 Å². The Morgan fingerprint density at radius 2 is 1.95 bits per heavy atom. The highest BCUT2D eigenvalue weighted by atomic mass is 16.6. The Hall–Kier alpha value is -1.71. The van der Waals surface area contributed by atoms with Crippen LogP contribution in [0.5, 0.6) is 5.75 Å². The predicted octanol–water partition coefficient (Wildman–Crippen LogP) is 3.12. The number of nitrogens with zero attached hydrogens (tertiary/aromatic N) is 1. The molecule has 4 nitrogen and oxygen atoms in total. The van der Waals surface area contributed by atoms with Crippen molar-refractivity contribution in [2.45, 2.75) is 38.7 Å². The summed E-state index contributed by atoms with van der Waals surface area (Å²) in [5, 5.41) is 9.28. The van der Waals surface area contributed by atoms with Gasteiger partial charge in [-0.1, -0.05) is 12.1 Å². The van der Waals surface area contributed by atoms with Crippen molar-refractivity contribution < 1.29 is 14.6 Å². The molecule has 19 heavy (non-hydrogen) atoms. The summed E-state index contributed by atoms with van der Waals surface area (Å²) in [5.41, 5.74) is 0.706. The standard InChI is InChI=1S/C15H21NO3/c1-15(2,3)19-14(18)16-9-8-12(10-16)11-4-6-13(17)7-5-11/h4-7,12,17H,8-10H2,1-3H3/t12-/m1/s1. The first-order chi connectivity index (χ1) is 8.85. The Morgan fingerprint density at radius 3 is 2.53 bits per heavy atom. The molecule has 0 spiro atoms. The lowest BCUT2D eigenvalue weighted by atomic mass is 9.98. The van der Waals surface area contributed by atoms with Crippen molar-refractivity contribution in [3.05, 3.63) is 29.8 Å². The van der Waals surface area contributed by atoms with E-state index in [-0.39, 0.29) is 11.8 Å². The normalized spacial score (nSPS) is 19.5. The Morgan fingerprint density at radius 1 is 1.32 bits per heavy atom. The Labute approximate surface area is 114 Å². The molecule has 0 radical (unpaired) electrons. The fraction of sp³-hybridized carbons (Fsp3) is 0.533. The second-order valence-corrected chi connectivity index (χ2v) is 6.00. The number of aromatic hydroxyl groups is 1. The number of rotatable bonds is 1. The van der Waals surface area contributed by atoms with Gasteiger partial charge in [-0.05, 0) is 44.9 Å². The second-order valence-electron chi connectivity index (χ2n) is 6.00. The van der Waals surface area contributed by atoms with Crippen LogP contribution < -0.4 is 0 Å². The minimum Gasteiger partial charge on any atom is -0.508 e. The summed E-state index contributed by atoms with van der Waals surface area (Å²) >= 11 is 0. The van der Waals surface area contributed by atoms with Crippen molar-refractivity contribution in [2.75, 3.05) is 13.1 Å². The van der Waals surface area contributed by atoms with Crippen LogP contribution in [0.4, 0.5) is 4.79 Å². The molecule has 1 aliphatic rings. The van der Waals surface area contributed by atoms with Gasteiger partial charge < -0.3 is 14.7 Å². The number of carbonyl (C=O) groups is 1. The molecule has 0 saturated carbocycles. The highest BCUT2D eigenvalue weighted by Gasteiger charge is 2.30. The zero-order chi connectivity index (χ0) is 14.0. The van der Waals surface area contributed by atoms with E-state index in [4.69, 9.17) is 4.74 Å². The molecule has 0 aromatic heterocycles. The van der Waals surface area contributed by atoms with Gasteiger partial charge in [0.25, 0.3) is 0 Å². The minimum atomic E-state index is -0.451. The molecule has 1 heterocycles. The molecule has 104 valence electrons. The molecule has 1 atom stereocenters. The molecule has 1 N–H and O–H groups in total. The first kappa shape index (κ1) is 13.7. The van der Waals surface area contributed by atoms with Gasteiger partial charge in [0.05, 0.1) is 0 Å². The van der Waals surface area contributed by atoms with Crippen LogP contribution in [0.1, 0.15) is 38.7 Å². The van der Waals surface area contributed by atoms with Crippen LogP contribution in [0.25, 0.3) is 0 Å². The minimum absolute atomic E-state index is 0.242. The summed E-state index contributed by atoms with van der Waals surface area (Å²) in [6.45, 7) is 7.02. The van der Waals surface area contributed by atoms with Crippen molar-refractivity contribution in [3.8, 4) is 5.75 Å². The van der Waals surface area contributed by atoms with Gasteiger partial charge in [0, 0.05) is 19.0 Å². The van der Waals surface area contributed by atoms with Crippen molar-refractivity contribution in [1.82, 2.24) is 4.90 Å². The number of likely N-dealkylation sites (tertiary alicyclic amines) is 1. The third-order valence-corrected chi connectivity index (χ3v) is 3.20. The van der Waals surface area contributed by atoms with Gasteiger partial charge in [0.2, 0.25) is 0 Å². The number of ether oxygens (including phenoxy) is 1. The summed E-state index contributed by atoms with van der Waals surface area (Å²) in [7, 11) is 0. The molecule has 0 unspecified atom stereocenters. The van der Waals surface area contributed by atoms with E-state index in [0.29, 0.717) is 12.5 Å². The van der Waals surface area contributed by atoms with Crippen molar-refractivity contribution in [2.24, 2.45) is 0 Å². The summed E-state index contributed by atoms with van der Waals surface area (Å²) in [6, 6.07) is 7.20. The lowest BCUT2D eigenvalue weighted by Gasteiger charge is -2.24. The van der Waals surface area contributed by atoms with E-state index < -0.39 is 5.60 Å². The third-order valence-electron chi connectivity index (χ3n) is 3.20. The second kappa shape index (κ2) is 5.11. The van der Waals surface area contributed by atoms with Gasteiger partial charge in [-0.25, -0.2) is 4.79 Å². The average molecular weight is 263 g/mol. The van der Waals surface area contributed by atoms with Crippen LogP contribution in [0, 0.1) is 0 Å². The smallest absolute Gasteiger partial charge is 0.410 e. The number of hydrogen-bond donors (Lipinski definition) is 1. The molecule has 1 amide bonds. The summed E-state index contributed by atoms with van der Waals surface area (Å²) in [5.74, 6) is 0.596. The van der Waals surface area contributed by atoms with E-state index in [0.717, 1.165) is 18.5 Å². The van der Waals surface area contributed by atoms with Gasteiger partial charge in [-0.15, -0.1) is 0 Å². The molecule has 0 aliphatic carbocycles. The first-order valence-corrected chi connectivity index (χ1v) is 6.62. The molecular formula is C15H21NO3. The molecule has 4 heteroatoms. The monoisotopic (exact) mass is 263 g/mol. The lowest BCUT2D eigenvalue weighted by Crippen LogP contribution is -2.35. The maximum atomic E-state index is 12.0. The Bertz CT molecular complexity index is 447. The van der Waals surface area contributed by atoms with Crippen LogP contribution in [0.3, 0.4) is 0 Å². The largest absolute Gasteiger partial charge is 0.508 e. The summed E-state index contributed by atoms with van der Waals surface area (Å²) in [6.07, 6.45) is 0.693. The Balaban J connectivity index is 1.96. The van der Waals surface area contributed by atoms with Gasteiger partial charge in [-0.3, -0.25) is 0 Å². The van der Waals surface area contributed by atoms with Crippen molar-refractivity contribution >= 4 is 6.09 Å². The predicted molar refractivity (Wildman–Crippen MR) is 73.3 cm³/mol. The Kier molecular flexibility index (Phi) is 3.69. The summed E-state index contributed by atoms with van der Waals surface area (Å²) in [4.78, 5) is 13.7. The van der Waals surface area contributed by atoms with Crippen LogP contribution in [-0.4, -0.2) is 34.8 Å². The first-order valence-electron chi connectivity index (χ1n) is 6.62. The van der Waals surface area contributed by atoms with Crippen molar-refractivity contribution in [3.63, 3.8) is 0 Å². The number of carbonyl (C=O) groups excluding carboxylic acids is 1. The fourth-order valence-electron chi connectivity index (χ4n) is 2.27. The van der Waals surface area contributed by atoms with Gasteiger partial charge >= 0.3 is 6.09 Å². The molecule has 1 aromatic carbocycles. The molecule has 1 aromatic rings. The van der Waals surface area contributed by atoms with Crippen LogP contribution in [-0.2, 0) is 4.74 Å². The van der Waals surface area contributed by atoms with E-state index in [1.165, 1.54) is 0 Å². The molecule has 2 rings (SSSR count). The zero-order valence-electron chi connectivity index (χ0n) is 11.7. The summed E-state index contributed by atoms with van der Waals surface area (Å²) < 4.78 is 5.37. The molecule has 1 saturated heterocycles. The van der Waals surface area contributed by atoms with Crippen LogP contribution in [0.15, 0.2) is 24.3 Å². The molecule has 1 aliphatic heterocycles.